The largest absolute Gasteiger partial charge is 0.293 e. The van der Waals surface area contributed by atoms with Crippen molar-refractivity contribution in [2.24, 2.45) is 0 Å². The Labute approximate surface area is 98.8 Å². The second-order valence-electron chi connectivity index (χ2n) is 2.72. The second kappa shape index (κ2) is 7.57. The van der Waals surface area contributed by atoms with Crippen LogP contribution in [0.4, 0.5) is 4.39 Å². The Balaban J connectivity index is 0.000000921. The van der Waals surface area contributed by atoms with Gasteiger partial charge in [0.2, 0.25) is 0 Å². The van der Waals surface area contributed by atoms with Gasteiger partial charge in [0.25, 0.3) is 0 Å². The number of ketones is 1. The number of alkyl halides is 1. The minimum atomic E-state index is -0.242. The first-order chi connectivity index (χ1) is 7.19. The van der Waals surface area contributed by atoms with E-state index in [2.05, 4.69) is 15.9 Å². The molecule has 1 aromatic carbocycles. The Kier molecular flexibility index (Phi) is 7.22. The summed E-state index contributed by atoms with van der Waals surface area (Å²) in [5.41, 5.74) is 1.15. The molecule has 0 N–H and O–H groups in total. The van der Waals surface area contributed by atoms with E-state index in [1.807, 2.05) is 20.8 Å². The summed E-state index contributed by atoms with van der Waals surface area (Å²) in [6.07, 6.45) is 0.606. The fraction of sp³-hybridized carbons (Fsp3) is 0.417. The summed E-state index contributed by atoms with van der Waals surface area (Å²) in [6, 6.07) is 4.46. The third-order valence-corrected chi connectivity index (χ3v) is 2.38. The predicted octanol–water partition coefficient (Wildman–Crippen LogP) is 3.99. The fourth-order valence-electron chi connectivity index (χ4n) is 1.10. The van der Waals surface area contributed by atoms with E-state index >= 15 is 0 Å². The average Bonchev–Trinajstić information content (AvgIpc) is 2.31. The molecule has 1 nitrogen and oxygen atoms in total. The lowest BCUT2D eigenvalue weighted by Gasteiger charge is -2.02. The van der Waals surface area contributed by atoms with Crippen molar-refractivity contribution in [1.82, 2.24) is 0 Å². The maximum atomic E-state index is 13.0. The molecule has 0 aliphatic heterocycles. The van der Waals surface area contributed by atoms with E-state index in [9.17, 15) is 9.18 Å². The molecule has 0 aliphatic carbocycles. The monoisotopic (exact) mass is 274 g/mol. The molecule has 3 heteroatoms. The van der Waals surface area contributed by atoms with Gasteiger partial charge < -0.3 is 0 Å². The molecule has 0 saturated carbocycles. The Bertz CT molecular complexity index is 323. The lowest BCUT2D eigenvalue weighted by atomic mass is 10.1. The number of hydrogen-bond donors (Lipinski definition) is 0. The molecule has 0 saturated heterocycles. The summed E-state index contributed by atoms with van der Waals surface area (Å²) in [7, 11) is 0. The molecule has 0 atom stereocenters. The van der Waals surface area contributed by atoms with E-state index in [1.54, 1.807) is 6.07 Å². The van der Waals surface area contributed by atoms with Crippen molar-refractivity contribution >= 4 is 21.7 Å². The molecule has 0 heterocycles. The molecular weight excluding hydrogens is 259 g/mol. The molecule has 15 heavy (non-hydrogen) atoms. The average molecular weight is 275 g/mol. The maximum absolute atomic E-state index is 13.0. The quantitative estimate of drug-likeness (QED) is 0.602. The first-order valence-corrected chi connectivity index (χ1v) is 6.18. The van der Waals surface area contributed by atoms with Crippen LogP contribution in [-0.2, 0) is 6.42 Å². The van der Waals surface area contributed by atoms with Gasteiger partial charge in [-0.2, -0.15) is 0 Å². The zero-order valence-corrected chi connectivity index (χ0v) is 10.9. The molecule has 0 spiro atoms. The minimum absolute atomic E-state index is 0.0188. The highest BCUT2D eigenvalue weighted by Gasteiger charge is 2.06. The Morgan fingerprint density at radius 1 is 1.40 bits per heavy atom. The highest BCUT2D eigenvalue weighted by atomic mass is 79.9. The van der Waals surface area contributed by atoms with Crippen LogP contribution in [-0.4, -0.2) is 11.1 Å². The topological polar surface area (TPSA) is 17.1 Å². The zero-order chi connectivity index (χ0) is 11.8. The van der Waals surface area contributed by atoms with Crippen LogP contribution in [0.15, 0.2) is 18.2 Å². The van der Waals surface area contributed by atoms with Gasteiger partial charge in [0.15, 0.2) is 5.78 Å². The molecule has 0 bridgehead atoms. The van der Waals surface area contributed by atoms with Crippen molar-refractivity contribution < 1.29 is 9.18 Å². The molecule has 0 amide bonds. The lowest BCUT2D eigenvalue weighted by Crippen LogP contribution is -2.01. The SMILES string of the molecule is CC.CCc1cc(C(=O)CBr)ccc1F. The normalized spacial score (nSPS) is 9.13. The number of aryl methyl sites for hydroxylation is 1. The first-order valence-electron chi connectivity index (χ1n) is 5.06. The van der Waals surface area contributed by atoms with Gasteiger partial charge in [-0.3, -0.25) is 4.79 Å². The summed E-state index contributed by atoms with van der Waals surface area (Å²) in [5, 5.41) is 0.280. The van der Waals surface area contributed by atoms with Gasteiger partial charge in [0.05, 0.1) is 5.33 Å². The van der Waals surface area contributed by atoms with E-state index in [0.717, 1.165) is 0 Å². The van der Waals surface area contributed by atoms with Gasteiger partial charge in [0, 0.05) is 5.56 Å². The predicted molar refractivity (Wildman–Crippen MR) is 65.3 cm³/mol. The summed E-state index contributed by atoms with van der Waals surface area (Å²) in [6.45, 7) is 5.86. The van der Waals surface area contributed by atoms with Crippen LogP contribution in [0.2, 0.25) is 0 Å². The van der Waals surface area contributed by atoms with Crippen LogP contribution in [0.3, 0.4) is 0 Å². The molecule has 0 unspecified atom stereocenters. The summed E-state index contributed by atoms with van der Waals surface area (Å²) in [5.74, 6) is -0.261. The molecule has 0 aliphatic rings. The number of hydrogen-bond acceptors (Lipinski definition) is 1. The molecule has 84 valence electrons. The van der Waals surface area contributed by atoms with Gasteiger partial charge in [-0.25, -0.2) is 4.39 Å². The summed E-state index contributed by atoms with van der Waals surface area (Å²) in [4.78, 5) is 11.2. The Morgan fingerprint density at radius 3 is 2.47 bits per heavy atom. The molecule has 1 aromatic rings. The highest BCUT2D eigenvalue weighted by Crippen LogP contribution is 2.12. The van der Waals surface area contributed by atoms with Crippen molar-refractivity contribution in [1.29, 1.82) is 0 Å². The third kappa shape index (κ3) is 4.12. The van der Waals surface area contributed by atoms with Crippen LogP contribution in [0.5, 0.6) is 0 Å². The van der Waals surface area contributed by atoms with Crippen LogP contribution in [0.25, 0.3) is 0 Å². The first kappa shape index (κ1) is 14.3. The number of carbonyl (C=O) groups is 1. The molecule has 0 radical (unpaired) electrons. The van der Waals surface area contributed by atoms with Crippen molar-refractivity contribution in [3.8, 4) is 0 Å². The van der Waals surface area contributed by atoms with Crippen molar-refractivity contribution in [2.45, 2.75) is 27.2 Å². The number of Topliss-reactive ketones (excluding diaryl/α,β-unsaturated/α-hetero) is 1. The zero-order valence-electron chi connectivity index (χ0n) is 9.31. The number of rotatable bonds is 3. The minimum Gasteiger partial charge on any atom is -0.293 e. The van der Waals surface area contributed by atoms with Crippen molar-refractivity contribution in [3.05, 3.63) is 35.1 Å². The second-order valence-corrected chi connectivity index (χ2v) is 3.28. The fourth-order valence-corrected chi connectivity index (χ4v) is 1.42. The van der Waals surface area contributed by atoms with Gasteiger partial charge in [-0.15, -0.1) is 0 Å². The van der Waals surface area contributed by atoms with E-state index in [-0.39, 0.29) is 16.9 Å². The van der Waals surface area contributed by atoms with E-state index in [0.29, 0.717) is 17.5 Å². The van der Waals surface area contributed by atoms with Crippen LogP contribution in [0.1, 0.15) is 36.7 Å². The highest BCUT2D eigenvalue weighted by molar-refractivity contribution is 9.09. The van der Waals surface area contributed by atoms with Crippen LogP contribution in [0, 0.1) is 5.82 Å². The van der Waals surface area contributed by atoms with Gasteiger partial charge >= 0.3 is 0 Å². The smallest absolute Gasteiger partial charge is 0.173 e. The molecule has 1 rings (SSSR count). The van der Waals surface area contributed by atoms with Crippen molar-refractivity contribution in [2.75, 3.05) is 5.33 Å². The van der Waals surface area contributed by atoms with E-state index in [1.165, 1.54) is 12.1 Å². The number of halogens is 2. The van der Waals surface area contributed by atoms with Gasteiger partial charge in [-0.05, 0) is 30.2 Å². The molecule has 0 aromatic heterocycles. The van der Waals surface area contributed by atoms with E-state index < -0.39 is 0 Å². The number of benzene rings is 1. The number of carbonyl (C=O) groups excluding carboxylic acids is 1. The summed E-state index contributed by atoms with van der Waals surface area (Å²) >= 11 is 3.07. The lowest BCUT2D eigenvalue weighted by molar-refractivity contribution is 0.102. The van der Waals surface area contributed by atoms with Gasteiger partial charge in [0.1, 0.15) is 5.82 Å². The Morgan fingerprint density at radius 2 is 2.00 bits per heavy atom. The molecule has 0 fully saturated rings. The molecular formula is C12H16BrFO. The Hall–Kier alpha value is -0.700. The maximum Gasteiger partial charge on any atom is 0.173 e. The van der Waals surface area contributed by atoms with E-state index in [4.69, 9.17) is 0 Å². The standard InChI is InChI=1S/C10H10BrFO.C2H6/c1-2-7-5-8(10(13)6-11)3-4-9(7)12;1-2/h3-5H,2,6H2,1H3;1-2H3. The van der Waals surface area contributed by atoms with Crippen molar-refractivity contribution in [3.63, 3.8) is 0 Å². The summed E-state index contributed by atoms with van der Waals surface area (Å²) < 4.78 is 13.0. The van der Waals surface area contributed by atoms with Crippen LogP contribution >= 0.6 is 15.9 Å². The van der Waals surface area contributed by atoms with Gasteiger partial charge in [-0.1, -0.05) is 36.7 Å². The van der Waals surface area contributed by atoms with Crippen LogP contribution < -0.4 is 0 Å². The third-order valence-electron chi connectivity index (χ3n) is 1.87.